The van der Waals surface area contributed by atoms with Gasteiger partial charge in [0.05, 0.1) is 5.00 Å². The first-order chi connectivity index (χ1) is 13.8. The predicted molar refractivity (Wildman–Crippen MR) is 114 cm³/mol. The van der Waals surface area contributed by atoms with Gasteiger partial charge in [-0.25, -0.2) is 9.67 Å². The van der Waals surface area contributed by atoms with E-state index in [-0.39, 0.29) is 0 Å². The minimum atomic E-state index is 0.444. The fraction of sp³-hybridized carbons (Fsp3) is 0.350. The van der Waals surface area contributed by atoms with Crippen molar-refractivity contribution in [1.29, 1.82) is 0 Å². The number of hydrogen-bond acceptors (Lipinski definition) is 5. The van der Waals surface area contributed by atoms with Crippen LogP contribution in [-0.4, -0.2) is 46.9 Å². The van der Waals surface area contributed by atoms with E-state index < -0.39 is 0 Å². The molecule has 0 bridgehead atoms. The Balaban J connectivity index is 1.28. The molecule has 3 aromatic rings. The standard InChI is InChI=1S/C20H25N7S/c1-21-20(25-17-6-11-26(12-7-17)19-4-2-13-28-19)23-15-16-5-9-22-18(14-16)27-10-3-8-24-27/h2-5,8-10,13-14,17H,6-7,11-12,15H2,1H3,(H2,21,23,25). The van der Waals surface area contributed by atoms with E-state index in [1.54, 1.807) is 10.9 Å². The van der Waals surface area contributed by atoms with Crippen molar-refractivity contribution in [1.82, 2.24) is 25.4 Å². The number of nitrogens with one attached hydrogen (secondary N) is 2. The monoisotopic (exact) mass is 395 g/mol. The third kappa shape index (κ3) is 4.51. The van der Waals surface area contributed by atoms with Gasteiger partial charge in [0.15, 0.2) is 11.8 Å². The van der Waals surface area contributed by atoms with Gasteiger partial charge in [0, 0.05) is 51.3 Å². The van der Waals surface area contributed by atoms with Gasteiger partial charge in [-0.2, -0.15) is 5.10 Å². The Bertz CT molecular complexity index is 881. The molecule has 4 rings (SSSR count). The summed E-state index contributed by atoms with van der Waals surface area (Å²) in [6, 6.07) is 10.7. The van der Waals surface area contributed by atoms with Gasteiger partial charge < -0.3 is 15.5 Å². The molecule has 7 nitrogen and oxygen atoms in total. The SMILES string of the molecule is CN=C(NCc1ccnc(-n2cccn2)c1)NC1CCN(c2cccs2)CC1. The topological polar surface area (TPSA) is 70.4 Å². The van der Waals surface area contributed by atoms with Crippen molar-refractivity contribution >= 4 is 22.3 Å². The van der Waals surface area contributed by atoms with Crippen molar-refractivity contribution in [3.63, 3.8) is 0 Å². The number of anilines is 1. The van der Waals surface area contributed by atoms with Crippen LogP contribution in [0.5, 0.6) is 0 Å². The third-order valence-electron chi connectivity index (χ3n) is 4.89. The fourth-order valence-corrected chi connectivity index (χ4v) is 4.15. The van der Waals surface area contributed by atoms with Crippen molar-refractivity contribution < 1.29 is 0 Å². The largest absolute Gasteiger partial charge is 0.363 e. The van der Waals surface area contributed by atoms with E-state index in [0.29, 0.717) is 12.6 Å². The summed E-state index contributed by atoms with van der Waals surface area (Å²) >= 11 is 1.81. The van der Waals surface area contributed by atoms with Gasteiger partial charge in [-0.05, 0) is 54.1 Å². The molecule has 1 fully saturated rings. The molecule has 4 heterocycles. The molecule has 146 valence electrons. The lowest BCUT2D eigenvalue weighted by Crippen LogP contribution is -2.48. The summed E-state index contributed by atoms with van der Waals surface area (Å²) in [5.41, 5.74) is 1.14. The zero-order valence-electron chi connectivity index (χ0n) is 16.0. The Morgan fingerprint density at radius 2 is 2.14 bits per heavy atom. The zero-order valence-corrected chi connectivity index (χ0v) is 16.8. The molecule has 0 amide bonds. The molecule has 0 unspecified atom stereocenters. The second-order valence-electron chi connectivity index (χ2n) is 6.76. The maximum absolute atomic E-state index is 4.39. The summed E-state index contributed by atoms with van der Waals surface area (Å²) in [7, 11) is 1.82. The third-order valence-corrected chi connectivity index (χ3v) is 5.82. The van der Waals surface area contributed by atoms with Crippen LogP contribution in [0, 0.1) is 0 Å². The van der Waals surface area contributed by atoms with Crippen LogP contribution >= 0.6 is 11.3 Å². The number of guanidine groups is 1. The number of aliphatic imine (C=N–C) groups is 1. The van der Waals surface area contributed by atoms with Crippen molar-refractivity contribution in [2.45, 2.75) is 25.4 Å². The summed E-state index contributed by atoms with van der Waals surface area (Å²) in [5.74, 6) is 1.65. The molecule has 28 heavy (non-hydrogen) atoms. The van der Waals surface area contributed by atoms with E-state index in [0.717, 1.165) is 43.3 Å². The lowest BCUT2D eigenvalue weighted by atomic mass is 10.1. The molecule has 0 aromatic carbocycles. The molecule has 1 aliphatic heterocycles. The number of aromatic nitrogens is 3. The molecule has 8 heteroatoms. The molecule has 0 radical (unpaired) electrons. The van der Waals surface area contributed by atoms with Crippen molar-refractivity contribution in [2.75, 3.05) is 25.0 Å². The maximum atomic E-state index is 4.39. The van der Waals surface area contributed by atoms with Gasteiger partial charge in [0.1, 0.15) is 0 Å². The van der Waals surface area contributed by atoms with Crippen LogP contribution in [0.2, 0.25) is 0 Å². The van der Waals surface area contributed by atoms with Crippen LogP contribution in [0.1, 0.15) is 18.4 Å². The van der Waals surface area contributed by atoms with Gasteiger partial charge in [0.25, 0.3) is 0 Å². The second kappa shape index (κ2) is 8.88. The van der Waals surface area contributed by atoms with Gasteiger partial charge in [0.2, 0.25) is 0 Å². The van der Waals surface area contributed by atoms with Crippen LogP contribution in [0.3, 0.4) is 0 Å². The molecular weight excluding hydrogens is 370 g/mol. The molecule has 0 aliphatic carbocycles. The lowest BCUT2D eigenvalue weighted by molar-refractivity contribution is 0.463. The normalized spacial score (nSPS) is 15.6. The van der Waals surface area contributed by atoms with Crippen molar-refractivity contribution in [3.05, 3.63) is 59.9 Å². The van der Waals surface area contributed by atoms with E-state index in [4.69, 9.17) is 0 Å². The zero-order chi connectivity index (χ0) is 19.2. The summed E-state index contributed by atoms with van der Waals surface area (Å²) in [6.45, 7) is 2.84. The minimum Gasteiger partial charge on any atom is -0.363 e. The average molecular weight is 396 g/mol. The van der Waals surface area contributed by atoms with Crippen LogP contribution in [0.25, 0.3) is 5.82 Å². The van der Waals surface area contributed by atoms with E-state index in [2.05, 4.69) is 48.1 Å². The Labute approximate surface area is 169 Å². The van der Waals surface area contributed by atoms with E-state index in [1.807, 2.05) is 49.0 Å². The van der Waals surface area contributed by atoms with E-state index in [1.165, 1.54) is 5.00 Å². The predicted octanol–water partition coefficient (Wildman–Crippen LogP) is 2.66. The summed E-state index contributed by atoms with van der Waals surface area (Å²) in [5, 5.41) is 14.7. The van der Waals surface area contributed by atoms with Crippen LogP contribution in [0.15, 0.2) is 59.3 Å². The number of pyridine rings is 1. The smallest absolute Gasteiger partial charge is 0.191 e. The van der Waals surface area contributed by atoms with E-state index >= 15 is 0 Å². The molecular formula is C20H25N7S. The first-order valence-corrected chi connectivity index (χ1v) is 10.4. The highest BCUT2D eigenvalue weighted by molar-refractivity contribution is 7.14. The number of piperidine rings is 1. The Kier molecular flexibility index (Phi) is 5.86. The molecule has 0 atom stereocenters. The van der Waals surface area contributed by atoms with Crippen molar-refractivity contribution in [2.24, 2.45) is 4.99 Å². The Hall–Kier alpha value is -2.87. The highest BCUT2D eigenvalue weighted by Gasteiger charge is 2.20. The van der Waals surface area contributed by atoms with E-state index in [9.17, 15) is 0 Å². The summed E-state index contributed by atoms with van der Waals surface area (Å²) in [4.78, 5) is 11.2. The molecule has 3 aromatic heterocycles. The van der Waals surface area contributed by atoms with Gasteiger partial charge in [-0.15, -0.1) is 11.3 Å². The summed E-state index contributed by atoms with van der Waals surface area (Å²) < 4.78 is 1.76. The second-order valence-corrected chi connectivity index (χ2v) is 7.68. The Morgan fingerprint density at radius 1 is 1.25 bits per heavy atom. The highest BCUT2D eigenvalue weighted by atomic mass is 32.1. The fourth-order valence-electron chi connectivity index (χ4n) is 3.37. The first-order valence-electron chi connectivity index (χ1n) is 9.52. The number of thiophene rings is 1. The highest BCUT2D eigenvalue weighted by Crippen LogP contribution is 2.24. The molecule has 1 aliphatic rings. The molecule has 0 saturated carbocycles. The van der Waals surface area contributed by atoms with Gasteiger partial charge in [-0.3, -0.25) is 4.99 Å². The number of rotatable bonds is 5. The Morgan fingerprint density at radius 3 is 2.86 bits per heavy atom. The molecule has 0 spiro atoms. The lowest BCUT2D eigenvalue weighted by Gasteiger charge is -2.33. The quantitative estimate of drug-likeness (QED) is 0.513. The number of nitrogens with zero attached hydrogens (tertiary/aromatic N) is 5. The van der Waals surface area contributed by atoms with Crippen LogP contribution in [0.4, 0.5) is 5.00 Å². The first kappa shape index (κ1) is 18.5. The molecule has 1 saturated heterocycles. The van der Waals surface area contributed by atoms with Crippen LogP contribution < -0.4 is 15.5 Å². The van der Waals surface area contributed by atoms with Gasteiger partial charge >= 0.3 is 0 Å². The summed E-state index contributed by atoms with van der Waals surface area (Å²) in [6.07, 6.45) is 7.67. The van der Waals surface area contributed by atoms with Crippen molar-refractivity contribution in [3.8, 4) is 5.82 Å². The van der Waals surface area contributed by atoms with Gasteiger partial charge in [-0.1, -0.05) is 0 Å². The maximum Gasteiger partial charge on any atom is 0.191 e. The molecule has 2 N–H and O–H groups in total. The van der Waals surface area contributed by atoms with Crippen LogP contribution in [-0.2, 0) is 6.54 Å². The minimum absolute atomic E-state index is 0.444. The average Bonchev–Trinajstić information content (AvgIpc) is 3.46. The number of hydrogen-bond donors (Lipinski definition) is 2.